The Morgan fingerprint density at radius 1 is 1.00 bits per heavy atom. The second-order valence-corrected chi connectivity index (χ2v) is 6.53. The predicted molar refractivity (Wildman–Crippen MR) is 74.3 cm³/mol. The van der Waals surface area contributed by atoms with Crippen molar-refractivity contribution in [1.82, 2.24) is 9.80 Å². The summed E-state index contributed by atoms with van der Waals surface area (Å²) in [5, 5.41) is 9.37. The summed E-state index contributed by atoms with van der Waals surface area (Å²) in [4.78, 5) is 28.3. The zero-order chi connectivity index (χ0) is 14.2. The molecule has 1 amide bonds. The van der Waals surface area contributed by atoms with Gasteiger partial charge in [0.1, 0.15) is 5.41 Å². The first-order valence-corrected chi connectivity index (χ1v) is 7.90. The maximum absolute atomic E-state index is 12.5. The number of carboxylic acids is 1. The van der Waals surface area contributed by atoms with Gasteiger partial charge >= 0.3 is 5.97 Å². The number of carbonyl (C=O) groups is 2. The van der Waals surface area contributed by atoms with Crippen LogP contribution in [0.3, 0.4) is 0 Å². The van der Waals surface area contributed by atoms with Gasteiger partial charge in [-0.2, -0.15) is 0 Å². The van der Waals surface area contributed by atoms with Crippen LogP contribution < -0.4 is 0 Å². The normalized spacial score (nSPS) is 30.0. The van der Waals surface area contributed by atoms with Crippen LogP contribution in [0.2, 0.25) is 0 Å². The number of aliphatic carboxylic acids is 1. The number of rotatable bonds is 3. The molecule has 3 fully saturated rings. The monoisotopic (exact) mass is 280 g/mol. The molecule has 0 radical (unpaired) electrons. The maximum atomic E-state index is 12.5. The lowest BCUT2D eigenvalue weighted by molar-refractivity contribution is -0.167. The molecule has 0 aromatic rings. The third-order valence-corrected chi connectivity index (χ3v) is 5.38. The molecule has 1 N–H and O–H groups in total. The second kappa shape index (κ2) is 5.35. The highest BCUT2D eigenvalue weighted by molar-refractivity contribution is 6.02. The van der Waals surface area contributed by atoms with E-state index in [1.54, 1.807) is 0 Å². The Kier molecular flexibility index (Phi) is 3.71. The van der Waals surface area contributed by atoms with Crippen molar-refractivity contribution in [2.75, 3.05) is 26.2 Å². The van der Waals surface area contributed by atoms with Gasteiger partial charge in [-0.25, -0.2) is 0 Å². The molecule has 20 heavy (non-hydrogen) atoms. The van der Waals surface area contributed by atoms with E-state index in [4.69, 9.17) is 0 Å². The fourth-order valence-electron chi connectivity index (χ4n) is 3.86. The maximum Gasteiger partial charge on any atom is 0.319 e. The smallest absolute Gasteiger partial charge is 0.319 e. The molecule has 1 atom stereocenters. The zero-order valence-corrected chi connectivity index (χ0v) is 12.0. The van der Waals surface area contributed by atoms with Crippen molar-refractivity contribution in [1.29, 1.82) is 0 Å². The van der Waals surface area contributed by atoms with Gasteiger partial charge < -0.3 is 10.0 Å². The third-order valence-electron chi connectivity index (χ3n) is 5.38. The fraction of sp³-hybridized carbons (Fsp3) is 0.867. The summed E-state index contributed by atoms with van der Waals surface area (Å²) in [6.45, 7) is 3.73. The highest BCUT2D eigenvalue weighted by Gasteiger charge is 2.53. The summed E-state index contributed by atoms with van der Waals surface area (Å²) >= 11 is 0. The van der Waals surface area contributed by atoms with Gasteiger partial charge in [-0.3, -0.25) is 14.5 Å². The molecule has 0 aromatic heterocycles. The molecule has 2 aliphatic heterocycles. The minimum atomic E-state index is -1.09. The first kappa shape index (κ1) is 13.9. The Bertz CT molecular complexity index is 400. The van der Waals surface area contributed by atoms with Crippen molar-refractivity contribution >= 4 is 11.9 Å². The average Bonchev–Trinajstić information content (AvgIpc) is 2.87. The summed E-state index contributed by atoms with van der Waals surface area (Å²) in [7, 11) is 0. The molecule has 5 nitrogen and oxygen atoms in total. The number of hydrogen-bond acceptors (Lipinski definition) is 3. The minimum absolute atomic E-state index is 0.129. The van der Waals surface area contributed by atoms with Gasteiger partial charge in [0.15, 0.2) is 0 Å². The standard InChI is InChI=1S/C15H24N2O3/c18-13(15(14(19)20)6-4-7-15)17-10-5-12(11-17)16-8-2-1-3-9-16/h12H,1-11H2,(H,19,20). The Balaban J connectivity index is 1.61. The summed E-state index contributed by atoms with van der Waals surface area (Å²) in [6, 6.07) is 0.449. The van der Waals surface area contributed by atoms with Gasteiger partial charge in [0.05, 0.1) is 0 Å². The summed E-state index contributed by atoms with van der Waals surface area (Å²) in [5.74, 6) is -1.05. The van der Waals surface area contributed by atoms with E-state index < -0.39 is 11.4 Å². The Morgan fingerprint density at radius 2 is 1.70 bits per heavy atom. The number of likely N-dealkylation sites (tertiary alicyclic amines) is 2. The van der Waals surface area contributed by atoms with E-state index in [1.807, 2.05) is 4.90 Å². The molecule has 112 valence electrons. The second-order valence-electron chi connectivity index (χ2n) is 6.53. The number of amides is 1. The van der Waals surface area contributed by atoms with E-state index in [0.717, 1.165) is 39.0 Å². The lowest BCUT2D eigenvalue weighted by Gasteiger charge is -2.39. The Hall–Kier alpha value is -1.10. The third kappa shape index (κ3) is 2.22. The molecule has 1 saturated carbocycles. The van der Waals surface area contributed by atoms with Crippen LogP contribution >= 0.6 is 0 Å². The molecular weight excluding hydrogens is 256 g/mol. The van der Waals surface area contributed by atoms with Crippen LogP contribution in [-0.4, -0.2) is 59.0 Å². The summed E-state index contributed by atoms with van der Waals surface area (Å²) < 4.78 is 0. The number of carboxylic acid groups (broad SMARTS) is 1. The van der Waals surface area contributed by atoms with E-state index in [2.05, 4.69) is 4.90 Å². The average molecular weight is 280 g/mol. The van der Waals surface area contributed by atoms with Gasteiger partial charge in [-0.05, 0) is 45.2 Å². The molecule has 1 aliphatic carbocycles. The first-order valence-electron chi connectivity index (χ1n) is 7.90. The van der Waals surface area contributed by atoms with E-state index in [9.17, 15) is 14.7 Å². The van der Waals surface area contributed by atoms with E-state index in [1.165, 1.54) is 19.3 Å². The van der Waals surface area contributed by atoms with Crippen LogP contribution in [0.15, 0.2) is 0 Å². The molecule has 2 saturated heterocycles. The van der Waals surface area contributed by atoms with Crippen molar-refractivity contribution in [3.05, 3.63) is 0 Å². The number of hydrogen-bond donors (Lipinski definition) is 1. The molecular formula is C15H24N2O3. The first-order chi connectivity index (χ1) is 9.63. The molecule has 2 heterocycles. The predicted octanol–water partition coefficient (Wildman–Crippen LogP) is 1.33. The largest absolute Gasteiger partial charge is 0.480 e. The van der Waals surface area contributed by atoms with Crippen LogP contribution in [0, 0.1) is 5.41 Å². The number of piperidine rings is 1. The quantitative estimate of drug-likeness (QED) is 0.792. The zero-order valence-electron chi connectivity index (χ0n) is 12.0. The molecule has 5 heteroatoms. The molecule has 0 spiro atoms. The van der Waals surface area contributed by atoms with Gasteiger partial charge in [-0.15, -0.1) is 0 Å². The van der Waals surface area contributed by atoms with Crippen LogP contribution in [-0.2, 0) is 9.59 Å². The fourth-order valence-corrected chi connectivity index (χ4v) is 3.86. The van der Waals surface area contributed by atoms with Crippen molar-refractivity contribution in [3.63, 3.8) is 0 Å². The van der Waals surface area contributed by atoms with E-state index >= 15 is 0 Å². The summed E-state index contributed by atoms with van der Waals surface area (Å²) in [5.41, 5.74) is -1.09. The van der Waals surface area contributed by atoms with Crippen molar-refractivity contribution in [2.24, 2.45) is 5.41 Å². The van der Waals surface area contributed by atoms with Gasteiger partial charge in [0.2, 0.25) is 5.91 Å². The van der Waals surface area contributed by atoms with Crippen LogP contribution in [0.5, 0.6) is 0 Å². The van der Waals surface area contributed by atoms with E-state index in [0.29, 0.717) is 18.9 Å². The molecule has 0 aromatic carbocycles. The number of carbonyl (C=O) groups excluding carboxylic acids is 1. The van der Waals surface area contributed by atoms with Crippen molar-refractivity contribution < 1.29 is 14.7 Å². The van der Waals surface area contributed by atoms with Crippen LogP contribution in [0.4, 0.5) is 0 Å². The van der Waals surface area contributed by atoms with Crippen LogP contribution in [0.25, 0.3) is 0 Å². The minimum Gasteiger partial charge on any atom is -0.480 e. The topological polar surface area (TPSA) is 60.9 Å². The van der Waals surface area contributed by atoms with Gasteiger partial charge in [0.25, 0.3) is 0 Å². The van der Waals surface area contributed by atoms with Crippen molar-refractivity contribution in [2.45, 2.75) is 51.0 Å². The summed E-state index contributed by atoms with van der Waals surface area (Å²) in [6.07, 6.45) is 6.72. The molecule has 1 unspecified atom stereocenters. The highest BCUT2D eigenvalue weighted by atomic mass is 16.4. The van der Waals surface area contributed by atoms with Gasteiger partial charge in [0, 0.05) is 19.1 Å². The molecule has 3 aliphatic rings. The SMILES string of the molecule is O=C(O)C1(C(=O)N2CCC(N3CCCCC3)C2)CCC1. The molecule has 3 rings (SSSR count). The highest BCUT2D eigenvalue weighted by Crippen LogP contribution is 2.43. The van der Waals surface area contributed by atoms with Crippen molar-refractivity contribution in [3.8, 4) is 0 Å². The Labute approximate surface area is 119 Å². The molecule has 0 bridgehead atoms. The van der Waals surface area contributed by atoms with Crippen LogP contribution in [0.1, 0.15) is 44.9 Å². The number of nitrogens with zero attached hydrogens (tertiary/aromatic N) is 2. The lowest BCUT2D eigenvalue weighted by atomic mass is 9.68. The van der Waals surface area contributed by atoms with Gasteiger partial charge in [-0.1, -0.05) is 12.8 Å². The van der Waals surface area contributed by atoms with E-state index in [-0.39, 0.29) is 5.91 Å². The lowest BCUT2D eigenvalue weighted by Crippen LogP contribution is -2.52. The Morgan fingerprint density at radius 3 is 2.25 bits per heavy atom.